The smallest absolute Gasteiger partial charge is 0.350 e. The molecule has 1 N–H and O–H groups in total. The molecule has 0 amide bonds. The van der Waals surface area contributed by atoms with E-state index in [4.69, 9.17) is 0 Å². The van der Waals surface area contributed by atoms with Crippen LogP contribution in [-0.4, -0.2) is 26.2 Å². The molecule has 0 bridgehead atoms. The van der Waals surface area contributed by atoms with Crippen LogP contribution in [0.1, 0.15) is 5.69 Å². The van der Waals surface area contributed by atoms with E-state index in [2.05, 4.69) is 15.4 Å². The Morgan fingerprint density at radius 1 is 1.21 bits per heavy atom. The van der Waals surface area contributed by atoms with Gasteiger partial charge in [0.05, 0.1) is 12.2 Å². The summed E-state index contributed by atoms with van der Waals surface area (Å²) in [5, 5.41) is 7.24. The van der Waals surface area contributed by atoms with Crippen molar-refractivity contribution in [3.05, 3.63) is 58.8 Å². The number of anilines is 1. The van der Waals surface area contributed by atoms with Gasteiger partial charge in [0.25, 0.3) is 0 Å². The van der Waals surface area contributed by atoms with Gasteiger partial charge in [0.15, 0.2) is 5.65 Å². The summed E-state index contributed by atoms with van der Waals surface area (Å²) in [4.78, 5) is 16.5. The van der Waals surface area contributed by atoms with Gasteiger partial charge >= 0.3 is 5.69 Å². The van der Waals surface area contributed by atoms with Gasteiger partial charge in [-0.15, -0.1) is 5.10 Å². The van der Waals surface area contributed by atoms with E-state index in [9.17, 15) is 4.79 Å². The van der Waals surface area contributed by atoms with Crippen LogP contribution in [0.5, 0.6) is 0 Å². The SMILES string of the molecule is CNc1cccc(Cn2nc3ccccn3c2=O)n1. The molecule has 3 heterocycles. The van der Waals surface area contributed by atoms with Crippen molar-refractivity contribution in [2.75, 3.05) is 12.4 Å². The van der Waals surface area contributed by atoms with E-state index in [1.54, 1.807) is 18.3 Å². The van der Waals surface area contributed by atoms with E-state index in [1.807, 2.05) is 31.3 Å². The summed E-state index contributed by atoms with van der Waals surface area (Å²) in [6, 6.07) is 11.1. The lowest BCUT2D eigenvalue weighted by atomic mass is 10.3. The lowest BCUT2D eigenvalue weighted by Gasteiger charge is -2.02. The van der Waals surface area contributed by atoms with Crippen LogP contribution >= 0.6 is 0 Å². The van der Waals surface area contributed by atoms with Crippen LogP contribution in [0.15, 0.2) is 47.4 Å². The second-order valence-corrected chi connectivity index (χ2v) is 4.13. The number of fused-ring (bicyclic) bond motifs is 1. The van der Waals surface area contributed by atoms with Gasteiger partial charge in [-0.05, 0) is 24.3 Å². The third kappa shape index (κ3) is 2.08. The van der Waals surface area contributed by atoms with Crippen LogP contribution in [-0.2, 0) is 6.54 Å². The molecule has 96 valence electrons. The van der Waals surface area contributed by atoms with Crippen molar-refractivity contribution in [2.45, 2.75) is 6.54 Å². The van der Waals surface area contributed by atoms with Gasteiger partial charge in [-0.25, -0.2) is 14.5 Å². The average Bonchev–Trinajstić information content (AvgIpc) is 2.76. The number of pyridine rings is 2. The number of aromatic nitrogens is 4. The Morgan fingerprint density at radius 3 is 2.89 bits per heavy atom. The molecular formula is C13H13N5O. The van der Waals surface area contributed by atoms with E-state index in [0.717, 1.165) is 11.5 Å². The Hall–Kier alpha value is -2.63. The quantitative estimate of drug-likeness (QED) is 0.757. The van der Waals surface area contributed by atoms with Gasteiger partial charge < -0.3 is 5.32 Å². The summed E-state index contributed by atoms with van der Waals surface area (Å²) < 4.78 is 2.93. The second-order valence-electron chi connectivity index (χ2n) is 4.13. The molecule has 0 aliphatic heterocycles. The first-order valence-corrected chi connectivity index (χ1v) is 5.96. The zero-order valence-electron chi connectivity index (χ0n) is 10.4. The van der Waals surface area contributed by atoms with Crippen LogP contribution < -0.4 is 11.0 Å². The third-order valence-corrected chi connectivity index (χ3v) is 2.86. The van der Waals surface area contributed by atoms with Crippen molar-refractivity contribution in [2.24, 2.45) is 0 Å². The van der Waals surface area contributed by atoms with E-state index in [0.29, 0.717) is 12.2 Å². The van der Waals surface area contributed by atoms with Crippen molar-refractivity contribution in [1.82, 2.24) is 19.2 Å². The molecule has 3 aromatic heterocycles. The number of hydrogen-bond acceptors (Lipinski definition) is 4. The van der Waals surface area contributed by atoms with Crippen molar-refractivity contribution < 1.29 is 0 Å². The van der Waals surface area contributed by atoms with Gasteiger partial charge in [-0.2, -0.15) is 0 Å². The molecule has 0 fully saturated rings. The minimum absolute atomic E-state index is 0.160. The summed E-state index contributed by atoms with van der Waals surface area (Å²) in [6.07, 6.45) is 1.71. The van der Waals surface area contributed by atoms with E-state index < -0.39 is 0 Å². The van der Waals surface area contributed by atoms with Crippen LogP contribution in [0, 0.1) is 0 Å². The molecule has 0 radical (unpaired) electrons. The standard InChI is InChI=1S/C13H13N5O/c1-14-11-6-4-5-10(15-11)9-18-13(19)17-8-3-2-7-12(17)16-18/h2-8H,9H2,1H3,(H,14,15). The first-order valence-electron chi connectivity index (χ1n) is 5.96. The molecule has 0 aliphatic carbocycles. The summed E-state index contributed by atoms with van der Waals surface area (Å²) in [6.45, 7) is 0.357. The lowest BCUT2D eigenvalue weighted by molar-refractivity contribution is 0.647. The Balaban J connectivity index is 2.01. The molecule has 6 nitrogen and oxygen atoms in total. The average molecular weight is 255 g/mol. The largest absolute Gasteiger partial charge is 0.373 e. The fraction of sp³-hybridized carbons (Fsp3) is 0.154. The molecule has 6 heteroatoms. The molecule has 0 aliphatic rings. The molecule has 0 saturated heterocycles. The maximum Gasteiger partial charge on any atom is 0.350 e. The van der Waals surface area contributed by atoms with E-state index in [1.165, 1.54) is 9.08 Å². The second kappa shape index (κ2) is 4.56. The topological polar surface area (TPSA) is 64.2 Å². The van der Waals surface area contributed by atoms with Gasteiger partial charge in [0.2, 0.25) is 0 Å². The first kappa shape index (κ1) is 11.5. The normalized spacial score (nSPS) is 10.8. The highest BCUT2D eigenvalue weighted by atomic mass is 16.2. The number of nitrogens with one attached hydrogen (secondary N) is 1. The van der Waals surface area contributed by atoms with Crippen LogP contribution in [0.25, 0.3) is 5.65 Å². The Morgan fingerprint density at radius 2 is 2.11 bits per heavy atom. The minimum Gasteiger partial charge on any atom is -0.373 e. The maximum atomic E-state index is 12.1. The summed E-state index contributed by atoms with van der Waals surface area (Å²) in [5.74, 6) is 0.773. The van der Waals surface area contributed by atoms with Crippen molar-refractivity contribution in [1.29, 1.82) is 0 Å². The monoisotopic (exact) mass is 255 g/mol. The fourth-order valence-electron chi connectivity index (χ4n) is 1.93. The van der Waals surface area contributed by atoms with E-state index >= 15 is 0 Å². The van der Waals surface area contributed by atoms with E-state index in [-0.39, 0.29) is 5.69 Å². The molecule has 3 aromatic rings. The maximum absolute atomic E-state index is 12.1. The van der Waals surface area contributed by atoms with Gasteiger partial charge in [0, 0.05) is 13.2 Å². The van der Waals surface area contributed by atoms with Gasteiger partial charge in [-0.1, -0.05) is 12.1 Å². The predicted molar refractivity (Wildman–Crippen MR) is 72.3 cm³/mol. The fourth-order valence-corrected chi connectivity index (χ4v) is 1.93. The molecular weight excluding hydrogens is 242 g/mol. The molecule has 0 saturated carbocycles. The Labute approximate surface area is 109 Å². The number of nitrogens with zero attached hydrogens (tertiary/aromatic N) is 4. The zero-order valence-corrected chi connectivity index (χ0v) is 10.4. The van der Waals surface area contributed by atoms with Crippen LogP contribution in [0.3, 0.4) is 0 Å². The summed E-state index contributed by atoms with van der Waals surface area (Å²) in [7, 11) is 1.81. The highest BCUT2D eigenvalue weighted by Gasteiger charge is 2.07. The van der Waals surface area contributed by atoms with Crippen molar-refractivity contribution >= 4 is 11.5 Å². The van der Waals surface area contributed by atoms with Crippen LogP contribution in [0.2, 0.25) is 0 Å². The molecule has 0 atom stereocenters. The molecule has 3 rings (SSSR count). The number of hydrogen-bond donors (Lipinski definition) is 1. The minimum atomic E-state index is -0.160. The first-order chi connectivity index (χ1) is 9.28. The predicted octanol–water partition coefficient (Wildman–Crippen LogP) is 0.981. The third-order valence-electron chi connectivity index (χ3n) is 2.86. The van der Waals surface area contributed by atoms with Gasteiger partial charge in [-0.3, -0.25) is 4.40 Å². The summed E-state index contributed by atoms with van der Waals surface area (Å²) in [5.41, 5.74) is 1.27. The van der Waals surface area contributed by atoms with Crippen molar-refractivity contribution in [3.8, 4) is 0 Å². The Kier molecular flexibility index (Phi) is 2.75. The molecule has 19 heavy (non-hydrogen) atoms. The lowest BCUT2D eigenvalue weighted by Crippen LogP contribution is -2.22. The molecule has 0 unspecified atom stereocenters. The summed E-state index contributed by atoms with van der Waals surface area (Å²) >= 11 is 0. The highest BCUT2D eigenvalue weighted by molar-refractivity contribution is 5.36. The van der Waals surface area contributed by atoms with Crippen molar-refractivity contribution in [3.63, 3.8) is 0 Å². The van der Waals surface area contributed by atoms with Crippen LogP contribution in [0.4, 0.5) is 5.82 Å². The highest BCUT2D eigenvalue weighted by Crippen LogP contribution is 2.05. The molecule has 0 spiro atoms. The van der Waals surface area contributed by atoms with Gasteiger partial charge in [0.1, 0.15) is 5.82 Å². The number of rotatable bonds is 3. The Bertz CT molecular complexity index is 774. The zero-order chi connectivity index (χ0) is 13.2. The molecule has 0 aromatic carbocycles.